The molecule has 1 heterocycles. The van der Waals surface area contributed by atoms with Crippen LogP contribution in [0.2, 0.25) is 0 Å². The fourth-order valence-corrected chi connectivity index (χ4v) is 0.604. The molecule has 3 N–H and O–H groups in total. The van der Waals surface area contributed by atoms with Gasteiger partial charge in [0, 0.05) is 26.2 Å². The van der Waals surface area contributed by atoms with Gasteiger partial charge in [-0.05, 0) is 0 Å². The van der Waals surface area contributed by atoms with Crippen LogP contribution < -0.4 is 10.6 Å². The Kier molecular flexibility index (Phi) is 7.96. The summed E-state index contributed by atoms with van der Waals surface area (Å²) in [7, 11) is -0.833. The lowest BCUT2D eigenvalue weighted by Gasteiger charge is -2.11. The molecule has 0 atom stereocenters. The summed E-state index contributed by atoms with van der Waals surface area (Å²) >= 11 is 0. The molecule has 0 aromatic carbocycles. The lowest BCUT2D eigenvalue weighted by molar-refractivity contribution is 0.524. The Morgan fingerprint density at radius 2 is 1.33 bits per heavy atom. The molecule has 1 rings (SSSR count). The predicted molar refractivity (Wildman–Crippen MR) is 35.6 cm³/mol. The van der Waals surface area contributed by atoms with E-state index < -0.39 is 8.69 Å². The molecule has 0 spiro atoms. The van der Waals surface area contributed by atoms with Crippen molar-refractivity contribution < 1.29 is 9.46 Å². The van der Waals surface area contributed by atoms with Gasteiger partial charge in [0.25, 0.3) is 0 Å². The Morgan fingerprint density at radius 1 is 1.11 bits per heavy atom. The highest BCUT2D eigenvalue weighted by Gasteiger charge is 1.91. The van der Waals surface area contributed by atoms with Crippen LogP contribution in [0.15, 0.2) is 0 Å². The van der Waals surface area contributed by atoms with E-state index in [0.717, 1.165) is 26.2 Å². The highest BCUT2D eigenvalue weighted by molar-refractivity contribution is 7.16. The zero-order valence-corrected chi connectivity index (χ0v) is 6.03. The first-order valence-corrected chi connectivity index (χ1v) is 3.56. The molecule has 4 nitrogen and oxygen atoms in total. The molecule has 1 fully saturated rings. The minimum absolute atomic E-state index is 0.833. The van der Waals surface area contributed by atoms with Gasteiger partial charge in [0.05, 0.1) is 0 Å². The normalized spacial score (nSPS) is 18.3. The topological polar surface area (TPSA) is 61.4 Å². The van der Waals surface area contributed by atoms with Crippen LogP contribution in [0.5, 0.6) is 0 Å². The molecular formula is C4H11N2O2P. The minimum atomic E-state index is -0.833. The van der Waals surface area contributed by atoms with Crippen LogP contribution >= 0.6 is 8.69 Å². The van der Waals surface area contributed by atoms with Gasteiger partial charge in [-0.3, -0.25) is 0 Å². The molecule has 0 aliphatic carbocycles. The summed E-state index contributed by atoms with van der Waals surface area (Å²) in [5, 5.41) is 6.44. The molecule has 5 heteroatoms. The van der Waals surface area contributed by atoms with Crippen LogP contribution in [0.1, 0.15) is 0 Å². The summed E-state index contributed by atoms with van der Waals surface area (Å²) < 4.78 is 8.46. The van der Waals surface area contributed by atoms with E-state index in [-0.39, 0.29) is 0 Å². The van der Waals surface area contributed by atoms with Crippen LogP contribution in [0, 0.1) is 0 Å². The zero-order valence-electron chi connectivity index (χ0n) is 5.13. The lowest BCUT2D eigenvalue weighted by atomic mass is 10.4. The second-order valence-corrected chi connectivity index (χ2v) is 1.74. The van der Waals surface area contributed by atoms with Crippen LogP contribution in [0.4, 0.5) is 0 Å². The third-order valence-corrected chi connectivity index (χ3v) is 0.957. The quantitative estimate of drug-likeness (QED) is 0.402. The number of piperazine rings is 1. The van der Waals surface area contributed by atoms with Gasteiger partial charge in [0.15, 0.2) is 0 Å². The van der Waals surface area contributed by atoms with Gasteiger partial charge in [-0.2, -0.15) is 0 Å². The molecule has 0 radical (unpaired) electrons. The van der Waals surface area contributed by atoms with Gasteiger partial charge in [-0.1, -0.05) is 0 Å². The van der Waals surface area contributed by atoms with E-state index in [9.17, 15) is 0 Å². The number of hydrogen-bond acceptors (Lipinski definition) is 3. The molecule has 9 heavy (non-hydrogen) atoms. The molecule has 0 unspecified atom stereocenters. The Labute approximate surface area is 55.9 Å². The molecule has 0 aromatic heterocycles. The standard InChI is InChI=1S/C4H10N2.HO2P/c1-2-6-4-3-5-1;1-3-2/h5-6H,1-4H2;(H,1,2). The molecule has 0 saturated carbocycles. The third kappa shape index (κ3) is 7.98. The molecule has 1 aliphatic heterocycles. The van der Waals surface area contributed by atoms with Gasteiger partial charge in [-0.25, -0.2) is 4.57 Å². The molecule has 0 aromatic rings. The Balaban J connectivity index is 0.000000187. The third-order valence-electron chi connectivity index (χ3n) is 0.957. The van der Waals surface area contributed by atoms with Crippen LogP contribution in [-0.4, -0.2) is 31.1 Å². The number of rotatable bonds is 0. The summed E-state index contributed by atoms with van der Waals surface area (Å²) in [6, 6.07) is 0. The predicted octanol–water partition coefficient (Wildman–Crippen LogP) is -0.635. The summed E-state index contributed by atoms with van der Waals surface area (Å²) in [5.74, 6) is 0. The van der Waals surface area contributed by atoms with E-state index in [4.69, 9.17) is 9.46 Å². The number of nitrogens with one attached hydrogen (secondary N) is 2. The van der Waals surface area contributed by atoms with Crippen LogP contribution in [0.25, 0.3) is 0 Å². The van der Waals surface area contributed by atoms with Gasteiger partial charge in [0.1, 0.15) is 0 Å². The van der Waals surface area contributed by atoms with E-state index in [1.165, 1.54) is 0 Å². The van der Waals surface area contributed by atoms with Crippen LogP contribution in [0.3, 0.4) is 0 Å². The first-order valence-electron chi connectivity index (χ1n) is 2.80. The second kappa shape index (κ2) is 7.98. The first-order chi connectivity index (χ1) is 4.41. The molecule has 0 amide bonds. The summed E-state index contributed by atoms with van der Waals surface area (Å²) in [5.41, 5.74) is 0. The highest BCUT2D eigenvalue weighted by Crippen LogP contribution is 1.66. The average molecular weight is 150 g/mol. The fraction of sp³-hybridized carbons (Fsp3) is 1.00. The van der Waals surface area contributed by atoms with Crippen molar-refractivity contribution in [3.8, 4) is 0 Å². The van der Waals surface area contributed by atoms with Crippen molar-refractivity contribution in [3.05, 3.63) is 0 Å². The minimum Gasteiger partial charge on any atom is -0.314 e. The van der Waals surface area contributed by atoms with Crippen molar-refractivity contribution >= 4 is 8.69 Å². The lowest BCUT2D eigenvalue weighted by Crippen LogP contribution is -2.39. The van der Waals surface area contributed by atoms with E-state index in [0.29, 0.717) is 0 Å². The Bertz CT molecular complexity index is 56.1. The zero-order chi connectivity index (χ0) is 6.95. The monoisotopic (exact) mass is 150 g/mol. The van der Waals surface area contributed by atoms with Crippen molar-refractivity contribution in [1.82, 2.24) is 10.6 Å². The molecule has 1 saturated heterocycles. The number of hydrogen-bond donors (Lipinski definition) is 3. The summed E-state index contributed by atoms with van der Waals surface area (Å²) in [6.07, 6.45) is 0. The fourth-order valence-electron chi connectivity index (χ4n) is 0.604. The van der Waals surface area contributed by atoms with E-state index >= 15 is 0 Å². The summed E-state index contributed by atoms with van der Waals surface area (Å²) in [4.78, 5) is 6.99. The van der Waals surface area contributed by atoms with Crippen molar-refractivity contribution in [1.29, 1.82) is 0 Å². The van der Waals surface area contributed by atoms with Crippen molar-refractivity contribution in [2.45, 2.75) is 0 Å². The maximum atomic E-state index is 8.46. The maximum Gasteiger partial charge on any atom is 0.324 e. The first kappa shape index (κ1) is 8.98. The van der Waals surface area contributed by atoms with E-state index in [1.807, 2.05) is 0 Å². The highest BCUT2D eigenvalue weighted by atomic mass is 31.1. The summed E-state index contributed by atoms with van der Waals surface area (Å²) in [6.45, 7) is 4.56. The van der Waals surface area contributed by atoms with Crippen molar-refractivity contribution in [3.63, 3.8) is 0 Å². The van der Waals surface area contributed by atoms with Gasteiger partial charge in [-0.15, -0.1) is 0 Å². The van der Waals surface area contributed by atoms with Crippen LogP contribution in [-0.2, 0) is 4.57 Å². The van der Waals surface area contributed by atoms with Gasteiger partial charge >= 0.3 is 8.69 Å². The van der Waals surface area contributed by atoms with E-state index in [1.54, 1.807) is 0 Å². The largest absolute Gasteiger partial charge is 0.324 e. The maximum absolute atomic E-state index is 8.46. The second-order valence-electron chi connectivity index (χ2n) is 1.58. The SMILES string of the molecule is C1CNCCN1.O=PO. The van der Waals surface area contributed by atoms with Crippen molar-refractivity contribution in [2.75, 3.05) is 26.2 Å². The molecule has 54 valence electrons. The van der Waals surface area contributed by atoms with Gasteiger partial charge in [0.2, 0.25) is 0 Å². The Hall–Kier alpha value is -0.0200. The molecular weight excluding hydrogens is 139 g/mol. The van der Waals surface area contributed by atoms with Crippen molar-refractivity contribution in [2.24, 2.45) is 0 Å². The molecule has 1 aliphatic rings. The average Bonchev–Trinajstić information content (AvgIpc) is 1.93. The van der Waals surface area contributed by atoms with Gasteiger partial charge < -0.3 is 15.5 Å². The smallest absolute Gasteiger partial charge is 0.314 e. The molecule has 0 bridgehead atoms. The Morgan fingerprint density at radius 3 is 1.44 bits per heavy atom. The van der Waals surface area contributed by atoms with E-state index in [2.05, 4.69) is 10.6 Å².